The van der Waals surface area contributed by atoms with E-state index in [-0.39, 0.29) is 0 Å². The van der Waals surface area contributed by atoms with Gasteiger partial charge in [-0.05, 0) is 47.7 Å². The van der Waals surface area contributed by atoms with Crippen molar-refractivity contribution in [2.24, 2.45) is 0 Å². The highest BCUT2D eigenvalue weighted by Crippen LogP contribution is 2.42. The Morgan fingerprint density at radius 3 is 2.65 bits per heavy atom. The summed E-state index contributed by atoms with van der Waals surface area (Å²) < 4.78 is 2.74. The van der Waals surface area contributed by atoms with Gasteiger partial charge in [-0.2, -0.15) is 0 Å². The third kappa shape index (κ3) is 2.97. The maximum atomic E-state index is 2.25. The lowest BCUT2D eigenvalue weighted by molar-refractivity contribution is 1.72. The second kappa shape index (κ2) is 6.62. The second-order valence-corrected chi connectivity index (χ2v) is 9.33. The van der Waals surface area contributed by atoms with Crippen LogP contribution in [-0.2, 0) is 11.4 Å². The molecule has 0 atom stereocenters. The van der Waals surface area contributed by atoms with Gasteiger partial charge < -0.3 is 0 Å². The molecule has 0 nitrogen and oxygen atoms in total. The SMILES string of the molecule is CSc1ccc(C(=C2C=CC(=[S+]C)S2)c2cccs2)s1. The molecule has 1 aliphatic rings. The van der Waals surface area contributed by atoms with Crippen molar-refractivity contribution in [3.8, 4) is 0 Å². The quantitative estimate of drug-likeness (QED) is 0.409. The summed E-state index contributed by atoms with van der Waals surface area (Å²) in [4.78, 5) is 4.09. The molecule has 3 heterocycles. The van der Waals surface area contributed by atoms with Gasteiger partial charge in [0, 0.05) is 26.3 Å². The first-order valence-electron chi connectivity index (χ1n) is 6.01. The number of allylic oxidation sites excluding steroid dienone is 1. The van der Waals surface area contributed by atoms with E-state index in [1.54, 1.807) is 0 Å². The summed E-state index contributed by atoms with van der Waals surface area (Å²) in [5.74, 6) is 0. The van der Waals surface area contributed by atoms with Gasteiger partial charge in [-0.3, -0.25) is 0 Å². The molecule has 0 aliphatic carbocycles. The van der Waals surface area contributed by atoms with Crippen LogP contribution in [0.15, 0.2) is 50.9 Å². The van der Waals surface area contributed by atoms with Gasteiger partial charge >= 0.3 is 0 Å². The number of thiophene rings is 2. The topological polar surface area (TPSA) is 0 Å². The van der Waals surface area contributed by atoms with E-state index in [4.69, 9.17) is 0 Å². The van der Waals surface area contributed by atoms with Crippen LogP contribution in [0.4, 0.5) is 0 Å². The molecule has 2 aromatic heterocycles. The van der Waals surface area contributed by atoms with Gasteiger partial charge in [0.05, 0.1) is 4.21 Å². The normalized spacial score (nSPS) is 19.0. The Kier molecular flexibility index (Phi) is 4.83. The standard InChI is InChI=1S/C15H13S5/c1-16-13-7-5-11(19-13)15(10-4-3-9-18-10)12-6-8-14(17-2)20-12/h3-9H,1-2H3/q+1. The molecule has 0 aromatic carbocycles. The zero-order valence-electron chi connectivity index (χ0n) is 11.1. The molecule has 0 saturated carbocycles. The zero-order valence-corrected chi connectivity index (χ0v) is 15.2. The molecule has 0 spiro atoms. The van der Waals surface area contributed by atoms with Gasteiger partial charge in [0.15, 0.2) is 17.6 Å². The number of hydrogen-bond donors (Lipinski definition) is 0. The molecule has 2 aromatic rings. The van der Waals surface area contributed by atoms with Crippen molar-refractivity contribution >= 4 is 67.3 Å². The van der Waals surface area contributed by atoms with Crippen LogP contribution in [0.1, 0.15) is 9.75 Å². The number of rotatable bonds is 3. The van der Waals surface area contributed by atoms with Crippen LogP contribution in [0.2, 0.25) is 0 Å². The van der Waals surface area contributed by atoms with Crippen molar-refractivity contribution < 1.29 is 0 Å². The average molecular weight is 354 g/mol. The van der Waals surface area contributed by atoms with Gasteiger partial charge in [0.25, 0.3) is 4.20 Å². The van der Waals surface area contributed by atoms with Gasteiger partial charge in [0.2, 0.25) is 0 Å². The average Bonchev–Trinajstić information content (AvgIpc) is 3.21. The van der Waals surface area contributed by atoms with E-state index in [1.165, 1.54) is 28.6 Å². The van der Waals surface area contributed by atoms with Crippen molar-refractivity contribution in [3.05, 3.63) is 56.5 Å². The predicted octanol–water partition coefficient (Wildman–Crippen LogP) is 5.44. The summed E-state index contributed by atoms with van der Waals surface area (Å²) in [7, 11) is 0. The van der Waals surface area contributed by atoms with Crippen molar-refractivity contribution in [1.82, 2.24) is 0 Å². The fraction of sp³-hybridized carbons (Fsp3) is 0.133. The Morgan fingerprint density at radius 1 is 1.15 bits per heavy atom. The van der Waals surface area contributed by atoms with Gasteiger partial charge in [-0.1, -0.05) is 6.07 Å². The molecule has 0 radical (unpaired) electrons. The fourth-order valence-corrected chi connectivity index (χ4v) is 6.14. The monoisotopic (exact) mass is 353 g/mol. The Morgan fingerprint density at radius 2 is 2.05 bits per heavy atom. The fourth-order valence-electron chi connectivity index (χ4n) is 1.91. The van der Waals surface area contributed by atoms with Gasteiger partial charge in [-0.25, -0.2) is 0 Å². The molecule has 102 valence electrons. The highest BCUT2D eigenvalue weighted by Gasteiger charge is 2.21. The van der Waals surface area contributed by atoms with Crippen molar-refractivity contribution in [2.75, 3.05) is 12.5 Å². The van der Waals surface area contributed by atoms with E-state index in [0.29, 0.717) is 0 Å². The lowest BCUT2D eigenvalue weighted by atomic mass is 10.1. The molecule has 3 rings (SSSR count). The Balaban J connectivity index is 2.11. The largest absolute Gasteiger partial charge is 0.262 e. The molecule has 5 heteroatoms. The summed E-state index contributed by atoms with van der Waals surface area (Å²) in [5.41, 5.74) is 1.38. The molecule has 0 bridgehead atoms. The van der Waals surface area contributed by atoms with E-state index < -0.39 is 0 Å². The van der Waals surface area contributed by atoms with E-state index >= 15 is 0 Å². The third-order valence-corrected chi connectivity index (χ3v) is 8.08. The van der Waals surface area contributed by atoms with E-state index in [1.807, 2.05) is 57.5 Å². The lowest BCUT2D eigenvalue weighted by Crippen LogP contribution is -1.85. The van der Waals surface area contributed by atoms with Gasteiger partial charge in [-0.15, -0.1) is 34.4 Å². The summed E-state index contributed by atoms with van der Waals surface area (Å²) in [6, 6.07) is 8.83. The minimum Gasteiger partial charge on any atom is -0.144 e. The van der Waals surface area contributed by atoms with Gasteiger partial charge in [0.1, 0.15) is 0 Å². The highest BCUT2D eigenvalue weighted by atomic mass is 32.2. The summed E-state index contributed by atoms with van der Waals surface area (Å²) in [6.45, 7) is 0. The van der Waals surface area contributed by atoms with Crippen LogP contribution in [0.25, 0.3) is 5.57 Å². The van der Waals surface area contributed by atoms with Crippen LogP contribution < -0.4 is 0 Å². The second-order valence-electron chi connectivity index (χ2n) is 4.00. The molecule has 0 N–H and O–H groups in total. The maximum Gasteiger partial charge on any atom is 0.262 e. The first kappa shape index (κ1) is 14.6. The third-order valence-electron chi connectivity index (χ3n) is 2.83. The van der Waals surface area contributed by atoms with Crippen LogP contribution >= 0.6 is 46.2 Å². The summed E-state index contributed by atoms with van der Waals surface area (Å²) >= 11 is 9.22. The zero-order chi connectivity index (χ0) is 13.9. The van der Waals surface area contributed by atoms with Crippen molar-refractivity contribution in [1.29, 1.82) is 0 Å². The lowest BCUT2D eigenvalue weighted by Gasteiger charge is -2.05. The predicted molar refractivity (Wildman–Crippen MR) is 101 cm³/mol. The number of thioether (sulfide) groups is 2. The first-order valence-corrected chi connectivity index (χ1v) is 11.0. The smallest absolute Gasteiger partial charge is 0.144 e. The van der Waals surface area contributed by atoms with Crippen molar-refractivity contribution in [2.45, 2.75) is 4.21 Å². The minimum absolute atomic E-state index is 1.36. The molecule has 0 unspecified atom stereocenters. The Labute approximate surface area is 140 Å². The number of hydrogen-bond acceptors (Lipinski definition) is 4. The highest BCUT2D eigenvalue weighted by molar-refractivity contribution is 8.26. The van der Waals surface area contributed by atoms with E-state index in [9.17, 15) is 0 Å². The summed E-state index contributed by atoms with van der Waals surface area (Å²) in [5, 5.41) is 2.15. The Bertz CT molecular complexity index is 686. The van der Waals surface area contributed by atoms with Crippen LogP contribution in [0.3, 0.4) is 0 Å². The van der Waals surface area contributed by atoms with Crippen molar-refractivity contribution in [3.63, 3.8) is 0 Å². The molecule has 0 fully saturated rings. The molecular formula is C15H13S5+. The summed E-state index contributed by atoms with van der Waals surface area (Å²) in [6.07, 6.45) is 8.75. The molecule has 0 saturated heterocycles. The molecular weight excluding hydrogens is 340 g/mol. The van der Waals surface area contributed by atoms with E-state index in [2.05, 4.69) is 54.3 Å². The first-order chi connectivity index (χ1) is 9.81. The van der Waals surface area contributed by atoms with E-state index in [0.717, 1.165) is 0 Å². The molecule has 0 amide bonds. The molecule has 20 heavy (non-hydrogen) atoms. The Hall–Kier alpha value is -0.330. The molecule has 1 aliphatic heterocycles. The minimum atomic E-state index is 1.36. The van der Waals surface area contributed by atoms with Crippen LogP contribution in [-0.4, -0.2) is 16.7 Å². The van der Waals surface area contributed by atoms with Crippen LogP contribution in [0.5, 0.6) is 0 Å². The van der Waals surface area contributed by atoms with Crippen LogP contribution in [0, 0.1) is 0 Å². The maximum absolute atomic E-state index is 2.25.